The zero-order chi connectivity index (χ0) is 20.1. The number of esters is 1. The van der Waals surface area contributed by atoms with Gasteiger partial charge in [-0.25, -0.2) is 4.99 Å². The number of aliphatic imine (C=N–C) groups is 1. The summed E-state index contributed by atoms with van der Waals surface area (Å²) in [4.78, 5) is 18.3. The van der Waals surface area contributed by atoms with Crippen LogP contribution in [0.25, 0.3) is 0 Å². The summed E-state index contributed by atoms with van der Waals surface area (Å²) in [6, 6.07) is 3.90. The molecule has 2 aliphatic rings. The molecular formula is C21H31N3O4. The van der Waals surface area contributed by atoms with Crippen LogP contribution >= 0.6 is 0 Å². The highest BCUT2D eigenvalue weighted by atomic mass is 16.5. The lowest BCUT2D eigenvalue weighted by molar-refractivity contribution is -0.156. The van der Waals surface area contributed by atoms with Gasteiger partial charge in [0, 0.05) is 18.2 Å². The van der Waals surface area contributed by atoms with Gasteiger partial charge in [-0.3, -0.25) is 4.79 Å². The molecule has 0 bridgehead atoms. The van der Waals surface area contributed by atoms with Crippen molar-refractivity contribution < 1.29 is 19.0 Å². The Labute approximate surface area is 167 Å². The second-order valence-electron chi connectivity index (χ2n) is 8.44. The number of nitrogens with one attached hydrogen (secondary N) is 1. The summed E-state index contributed by atoms with van der Waals surface area (Å²) in [6.45, 7) is 9.08. The molecule has 0 radical (unpaired) electrons. The van der Waals surface area contributed by atoms with Crippen LogP contribution in [0.3, 0.4) is 0 Å². The summed E-state index contributed by atoms with van der Waals surface area (Å²) >= 11 is 0. The van der Waals surface area contributed by atoms with Crippen molar-refractivity contribution in [1.29, 1.82) is 0 Å². The molecule has 7 heteroatoms. The number of hydrogen-bond acceptors (Lipinski definition) is 7. The second kappa shape index (κ2) is 8.82. The van der Waals surface area contributed by atoms with Crippen LogP contribution in [0.1, 0.15) is 39.2 Å². The Balaban J connectivity index is 1.63. The van der Waals surface area contributed by atoms with Gasteiger partial charge in [-0.15, -0.1) is 0 Å². The molecule has 3 rings (SSSR count). The van der Waals surface area contributed by atoms with Crippen LogP contribution in [0.4, 0.5) is 5.69 Å². The van der Waals surface area contributed by atoms with Crippen molar-refractivity contribution in [3.8, 4) is 11.5 Å². The van der Waals surface area contributed by atoms with Gasteiger partial charge in [0.25, 0.3) is 0 Å². The summed E-state index contributed by atoms with van der Waals surface area (Å²) < 4.78 is 17.0. The SMILES string of the molecule is COc1cc2c(cc1OCC1CCNCC1)N=CN(COC(=O)C(C)(C)C)C2. The molecule has 1 fully saturated rings. The van der Waals surface area contributed by atoms with Crippen molar-refractivity contribution in [1.82, 2.24) is 10.2 Å². The molecule has 0 aliphatic carbocycles. The van der Waals surface area contributed by atoms with Gasteiger partial charge in [-0.1, -0.05) is 0 Å². The minimum absolute atomic E-state index is 0.176. The fourth-order valence-corrected chi connectivity index (χ4v) is 3.21. The van der Waals surface area contributed by atoms with Crippen molar-refractivity contribution in [3.05, 3.63) is 17.7 Å². The van der Waals surface area contributed by atoms with Crippen molar-refractivity contribution in [2.45, 2.75) is 40.2 Å². The minimum Gasteiger partial charge on any atom is -0.493 e. The van der Waals surface area contributed by atoms with E-state index in [0.717, 1.165) is 42.9 Å². The van der Waals surface area contributed by atoms with Crippen LogP contribution in [0.5, 0.6) is 11.5 Å². The standard InChI is InChI=1S/C21H31N3O4/c1-21(2,3)20(25)28-14-24-11-16-9-18(26-4)19(10-17(16)23-13-24)27-12-15-5-7-22-8-6-15/h9-10,13,15,22H,5-8,11-12,14H2,1-4H3. The lowest BCUT2D eigenvalue weighted by atomic mass is 9.98. The number of fused-ring (bicyclic) bond motifs is 1. The highest BCUT2D eigenvalue weighted by Crippen LogP contribution is 2.37. The first kappa shape index (κ1) is 20.5. The van der Waals surface area contributed by atoms with E-state index in [0.29, 0.717) is 24.8 Å². The molecule has 0 spiro atoms. The maximum atomic E-state index is 12.0. The monoisotopic (exact) mass is 389 g/mol. The number of rotatable bonds is 6. The van der Waals surface area contributed by atoms with Gasteiger partial charge in [0.1, 0.15) is 0 Å². The number of benzene rings is 1. The molecule has 0 aromatic heterocycles. The fourth-order valence-electron chi connectivity index (χ4n) is 3.21. The smallest absolute Gasteiger partial charge is 0.312 e. The van der Waals surface area contributed by atoms with E-state index in [9.17, 15) is 4.79 Å². The Morgan fingerprint density at radius 2 is 2.00 bits per heavy atom. The third kappa shape index (κ3) is 5.16. The Kier molecular flexibility index (Phi) is 6.44. The van der Waals surface area contributed by atoms with Gasteiger partial charge >= 0.3 is 5.97 Å². The van der Waals surface area contributed by atoms with Crippen molar-refractivity contribution >= 4 is 18.0 Å². The molecule has 0 atom stereocenters. The maximum absolute atomic E-state index is 12.0. The van der Waals surface area contributed by atoms with Gasteiger partial charge in [0.2, 0.25) is 0 Å². The quantitative estimate of drug-likeness (QED) is 0.754. The molecule has 1 saturated heterocycles. The largest absolute Gasteiger partial charge is 0.493 e. The summed E-state index contributed by atoms with van der Waals surface area (Å²) in [5, 5.41) is 3.37. The molecule has 1 aromatic carbocycles. The maximum Gasteiger partial charge on any atom is 0.312 e. The van der Waals surface area contributed by atoms with E-state index in [4.69, 9.17) is 14.2 Å². The third-order valence-electron chi connectivity index (χ3n) is 5.01. The number of carbonyl (C=O) groups is 1. The van der Waals surface area contributed by atoms with E-state index in [1.165, 1.54) is 0 Å². The summed E-state index contributed by atoms with van der Waals surface area (Å²) in [5.74, 6) is 1.77. The fraction of sp³-hybridized carbons (Fsp3) is 0.619. The molecule has 28 heavy (non-hydrogen) atoms. The minimum atomic E-state index is -0.519. The molecule has 1 aromatic rings. The van der Waals surface area contributed by atoms with Crippen LogP contribution in [0, 0.1) is 11.3 Å². The number of piperidine rings is 1. The van der Waals surface area contributed by atoms with E-state index in [-0.39, 0.29) is 12.7 Å². The Hall–Kier alpha value is -2.28. The first-order valence-electron chi connectivity index (χ1n) is 9.86. The molecule has 0 unspecified atom stereocenters. The molecule has 0 amide bonds. The number of nitrogens with zero attached hydrogens (tertiary/aromatic N) is 2. The number of carbonyl (C=O) groups excluding carboxylic acids is 1. The van der Waals surface area contributed by atoms with Gasteiger partial charge in [-0.2, -0.15) is 0 Å². The summed E-state index contributed by atoms with van der Waals surface area (Å²) in [5.41, 5.74) is 1.36. The van der Waals surface area contributed by atoms with Gasteiger partial charge in [0.05, 0.1) is 31.2 Å². The first-order valence-corrected chi connectivity index (χ1v) is 9.86. The molecule has 2 heterocycles. The van der Waals surface area contributed by atoms with Crippen molar-refractivity contribution in [2.75, 3.05) is 33.5 Å². The topological polar surface area (TPSA) is 72.4 Å². The summed E-state index contributed by atoms with van der Waals surface area (Å²) in [7, 11) is 1.65. The van der Waals surface area contributed by atoms with Crippen molar-refractivity contribution in [3.63, 3.8) is 0 Å². The van der Waals surface area contributed by atoms with E-state index in [1.54, 1.807) is 13.4 Å². The highest BCUT2D eigenvalue weighted by molar-refractivity contribution is 5.75. The van der Waals surface area contributed by atoms with E-state index in [2.05, 4.69) is 10.3 Å². The molecule has 2 aliphatic heterocycles. The third-order valence-corrected chi connectivity index (χ3v) is 5.01. The van der Waals surface area contributed by atoms with Crippen LogP contribution in [0.2, 0.25) is 0 Å². The predicted octanol–water partition coefficient (Wildman–Crippen LogP) is 3.10. The lowest BCUT2D eigenvalue weighted by Crippen LogP contribution is -2.32. The zero-order valence-corrected chi connectivity index (χ0v) is 17.3. The van der Waals surface area contributed by atoms with Gasteiger partial charge < -0.3 is 24.4 Å². The van der Waals surface area contributed by atoms with E-state index in [1.807, 2.05) is 37.8 Å². The second-order valence-corrected chi connectivity index (χ2v) is 8.44. The van der Waals surface area contributed by atoms with Crippen molar-refractivity contribution in [2.24, 2.45) is 16.3 Å². The average molecular weight is 389 g/mol. The zero-order valence-electron chi connectivity index (χ0n) is 17.3. The Morgan fingerprint density at radius 1 is 1.25 bits per heavy atom. The molecule has 7 nitrogen and oxygen atoms in total. The van der Waals surface area contributed by atoms with E-state index < -0.39 is 5.41 Å². The number of methoxy groups -OCH3 is 1. The Bertz CT molecular complexity index is 721. The van der Waals surface area contributed by atoms with Crippen LogP contribution in [0.15, 0.2) is 17.1 Å². The average Bonchev–Trinajstić information content (AvgIpc) is 2.69. The predicted molar refractivity (Wildman–Crippen MR) is 108 cm³/mol. The van der Waals surface area contributed by atoms with Crippen LogP contribution in [-0.2, 0) is 16.1 Å². The molecular weight excluding hydrogens is 358 g/mol. The number of ether oxygens (including phenoxy) is 3. The molecule has 154 valence electrons. The first-order chi connectivity index (χ1) is 13.4. The van der Waals surface area contributed by atoms with Gasteiger partial charge in [0.15, 0.2) is 18.2 Å². The van der Waals surface area contributed by atoms with Crippen LogP contribution in [-0.4, -0.2) is 50.7 Å². The normalized spacial score (nSPS) is 17.2. The molecule has 1 N–H and O–H groups in total. The summed E-state index contributed by atoms with van der Waals surface area (Å²) in [6.07, 6.45) is 3.97. The number of hydrogen-bond donors (Lipinski definition) is 1. The Morgan fingerprint density at radius 3 is 2.68 bits per heavy atom. The molecule has 0 saturated carbocycles. The van der Waals surface area contributed by atoms with E-state index >= 15 is 0 Å². The lowest BCUT2D eigenvalue weighted by Gasteiger charge is -2.27. The van der Waals surface area contributed by atoms with Crippen LogP contribution < -0.4 is 14.8 Å². The highest BCUT2D eigenvalue weighted by Gasteiger charge is 2.24. The van der Waals surface area contributed by atoms with Gasteiger partial charge in [-0.05, 0) is 58.7 Å².